The first kappa shape index (κ1) is 16.1. The molecule has 3 heterocycles. The van der Waals surface area contributed by atoms with Crippen molar-refractivity contribution in [1.29, 1.82) is 0 Å². The fourth-order valence-electron chi connectivity index (χ4n) is 4.81. The van der Waals surface area contributed by atoms with Gasteiger partial charge in [-0.15, -0.1) is 0 Å². The van der Waals surface area contributed by atoms with Crippen molar-refractivity contribution in [1.82, 2.24) is 20.3 Å². The normalized spacial score (nSPS) is 31.2. The summed E-state index contributed by atoms with van der Waals surface area (Å²) in [6, 6.07) is 1.99. The van der Waals surface area contributed by atoms with E-state index in [1.54, 1.807) is 0 Å². The Balaban J connectivity index is 1.36. The lowest BCUT2D eigenvalue weighted by molar-refractivity contribution is -0.147. The summed E-state index contributed by atoms with van der Waals surface area (Å²) in [5.41, 5.74) is 0.877. The van der Waals surface area contributed by atoms with Crippen LogP contribution >= 0.6 is 0 Å². The second-order valence-corrected chi connectivity index (χ2v) is 7.73. The van der Waals surface area contributed by atoms with Crippen LogP contribution in [0.4, 0.5) is 0 Å². The number of hydrogen-bond acceptors (Lipinski definition) is 5. The van der Waals surface area contributed by atoms with Gasteiger partial charge in [-0.3, -0.25) is 9.69 Å². The van der Waals surface area contributed by atoms with Crippen LogP contribution in [-0.4, -0.2) is 60.1 Å². The molecule has 2 saturated heterocycles. The van der Waals surface area contributed by atoms with Crippen molar-refractivity contribution >= 4 is 5.91 Å². The second-order valence-electron chi connectivity index (χ2n) is 7.73. The number of aromatic nitrogens is 1. The van der Waals surface area contributed by atoms with E-state index in [4.69, 9.17) is 4.52 Å². The molecule has 3 aliphatic rings. The summed E-state index contributed by atoms with van der Waals surface area (Å²) in [5, 5.41) is 7.57. The van der Waals surface area contributed by atoms with Crippen molar-refractivity contribution in [2.24, 2.45) is 11.3 Å². The van der Waals surface area contributed by atoms with Gasteiger partial charge in [-0.05, 0) is 32.2 Å². The van der Waals surface area contributed by atoms with E-state index in [1.807, 2.05) is 13.0 Å². The lowest BCUT2D eigenvalue weighted by Gasteiger charge is -2.43. The zero-order valence-corrected chi connectivity index (χ0v) is 14.6. The van der Waals surface area contributed by atoms with Gasteiger partial charge in [0.05, 0.1) is 11.1 Å². The highest BCUT2D eigenvalue weighted by atomic mass is 16.5. The summed E-state index contributed by atoms with van der Waals surface area (Å²) < 4.78 is 5.14. The van der Waals surface area contributed by atoms with Crippen molar-refractivity contribution < 1.29 is 9.32 Å². The van der Waals surface area contributed by atoms with E-state index in [0.29, 0.717) is 11.8 Å². The van der Waals surface area contributed by atoms with Gasteiger partial charge in [-0.25, -0.2) is 0 Å². The van der Waals surface area contributed by atoms with Crippen molar-refractivity contribution in [3.63, 3.8) is 0 Å². The van der Waals surface area contributed by atoms with Gasteiger partial charge in [0.25, 0.3) is 0 Å². The molecule has 1 aromatic heterocycles. The molecule has 1 amide bonds. The van der Waals surface area contributed by atoms with Gasteiger partial charge in [0, 0.05) is 45.3 Å². The summed E-state index contributed by atoms with van der Waals surface area (Å²) in [5.74, 6) is 1.82. The molecule has 2 aliphatic heterocycles. The molecule has 0 radical (unpaired) electrons. The Morgan fingerprint density at radius 1 is 1.38 bits per heavy atom. The fourth-order valence-corrected chi connectivity index (χ4v) is 4.81. The van der Waals surface area contributed by atoms with Crippen LogP contribution in [0, 0.1) is 18.3 Å². The molecule has 4 rings (SSSR count). The number of amides is 1. The van der Waals surface area contributed by atoms with Crippen molar-refractivity contribution in [3.8, 4) is 0 Å². The zero-order chi connectivity index (χ0) is 16.6. The molecule has 1 N–H and O–H groups in total. The first-order valence-electron chi connectivity index (χ1n) is 9.32. The van der Waals surface area contributed by atoms with Crippen LogP contribution in [0.1, 0.15) is 37.1 Å². The van der Waals surface area contributed by atoms with Crippen molar-refractivity contribution in [2.75, 3.05) is 39.3 Å². The fraction of sp³-hybridized carbons (Fsp3) is 0.778. The number of aryl methyl sites for hydroxylation is 1. The molecule has 1 aromatic rings. The lowest BCUT2D eigenvalue weighted by Crippen LogP contribution is -2.55. The van der Waals surface area contributed by atoms with Crippen LogP contribution < -0.4 is 5.32 Å². The summed E-state index contributed by atoms with van der Waals surface area (Å²) in [4.78, 5) is 17.8. The van der Waals surface area contributed by atoms with Gasteiger partial charge in [0.1, 0.15) is 5.76 Å². The van der Waals surface area contributed by atoms with Crippen LogP contribution in [0.2, 0.25) is 0 Å². The van der Waals surface area contributed by atoms with Gasteiger partial charge in [-0.2, -0.15) is 0 Å². The molecular formula is C18H28N4O2. The van der Waals surface area contributed by atoms with E-state index in [1.165, 1.54) is 19.3 Å². The molecule has 0 bridgehead atoms. The van der Waals surface area contributed by atoms with Gasteiger partial charge >= 0.3 is 0 Å². The van der Waals surface area contributed by atoms with Gasteiger partial charge < -0.3 is 14.7 Å². The van der Waals surface area contributed by atoms with Gasteiger partial charge in [0.2, 0.25) is 5.91 Å². The molecule has 0 spiro atoms. The van der Waals surface area contributed by atoms with Gasteiger partial charge in [-0.1, -0.05) is 18.0 Å². The highest BCUT2D eigenvalue weighted by Crippen LogP contribution is 2.45. The van der Waals surface area contributed by atoms with Crippen LogP contribution in [-0.2, 0) is 11.3 Å². The van der Waals surface area contributed by atoms with Crippen LogP contribution in [0.5, 0.6) is 0 Å². The Morgan fingerprint density at radius 2 is 2.21 bits per heavy atom. The minimum atomic E-state index is -0.107. The summed E-state index contributed by atoms with van der Waals surface area (Å²) in [6.45, 7) is 8.16. The number of carbonyl (C=O) groups is 1. The van der Waals surface area contributed by atoms with Crippen LogP contribution in [0.15, 0.2) is 10.6 Å². The molecule has 24 heavy (non-hydrogen) atoms. The maximum Gasteiger partial charge on any atom is 0.230 e. The molecule has 0 unspecified atom stereocenters. The predicted octanol–water partition coefficient (Wildman–Crippen LogP) is 1.41. The SMILES string of the molecule is Cc1cc(CN2CCN(C(=O)[C@@]34CCCC[C@H]3CNC4)CC2)no1. The molecule has 6 heteroatoms. The molecule has 1 aliphatic carbocycles. The van der Waals surface area contributed by atoms with E-state index in [0.717, 1.165) is 63.7 Å². The molecule has 3 fully saturated rings. The zero-order valence-electron chi connectivity index (χ0n) is 14.6. The highest BCUT2D eigenvalue weighted by molar-refractivity contribution is 5.84. The van der Waals surface area contributed by atoms with Crippen molar-refractivity contribution in [3.05, 3.63) is 17.5 Å². The third-order valence-corrected chi connectivity index (χ3v) is 6.19. The Hall–Kier alpha value is -1.40. The third-order valence-electron chi connectivity index (χ3n) is 6.19. The molecule has 132 valence electrons. The van der Waals surface area contributed by atoms with E-state index >= 15 is 0 Å². The number of nitrogens with one attached hydrogen (secondary N) is 1. The number of carbonyl (C=O) groups excluding carboxylic acids is 1. The van der Waals surface area contributed by atoms with E-state index in [9.17, 15) is 4.79 Å². The standard InChI is InChI=1S/C18H28N4O2/c1-14-10-16(20-24-14)12-21-6-8-22(9-7-21)17(23)18-5-3-2-4-15(18)11-19-13-18/h10,15,19H,2-9,11-13H2,1H3/t15-,18+/m0/s1. The third kappa shape index (κ3) is 2.86. The average molecular weight is 332 g/mol. The number of rotatable bonds is 3. The Kier molecular flexibility index (Phi) is 4.35. The van der Waals surface area contributed by atoms with Crippen LogP contribution in [0.25, 0.3) is 0 Å². The summed E-state index contributed by atoms with van der Waals surface area (Å²) >= 11 is 0. The smallest absolute Gasteiger partial charge is 0.230 e. The minimum Gasteiger partial charge on any atom is -0.361 e. The monoisotopic (exact) mass is 332 g/mol. The summed E-state index contributed by atoms with van der Waals surface area (Å²) in [7, 11) is 0. The van der Waals surface area contributed by atoms with E-state index < -0.39 is 0 Å². The second kappa shape index (κ2) is 6.48. The lowest BCUT2D eigenvalue weighted by atomic mass is 9.67. The number of hydrogen-bond donors (Lipinski definition) is 1. The first-order valence-corrected chi connectivity index (χ1v) is 9.32. The number of fused-ring (bicyclic) bond motifs is 1. The topological polar surface area (TPSA) is 61.6 Å². The van der Waals surface area contributed by atoms with Crippen molar-refractivity contribution in [2.45, 2.75) is 39.2 Å². The first-order chi connectivity index (χ1) is 11.7. The quantitative estimate of drug-likeness (QED) is 0.907. The minimum absolute atomic E-state index is 0.107. The maximum atomic E-state index is 13.3. The molecular weight excluding hydrogens is 304 g/mol. The molecule has 6 nitrogen and oxygen atoms in total. The van der Waals surface area contributed by atoms with Gasteiger partial charge in [0.15, 0.2) is 0 Å². The molecule has 0 aromatic carbocycles. The Bertz CT molecular complexity index is 594. The van der Waals surface area contributed by atoms with Crippen LogP contribution in [0.3, 0.4) is 0 Å². The summed E-state index contributed by atoms with van der Waals surface area (Å²) in [6.07, 6.45) is 4.77. The largest absolute Gasteiger partial charge is 0.361 e. The van der Waals surface area contributed by atoms with E-state index in [-0.39, 0.29) is 5.41 Å². The predicted molar refractivity (Wildman–Crippen MR) is 90.4 cm³/mol. The number of nitrogens with zero attached hydrogens (tertiary/aromatic N) is 3. The average Bonchev–Trinajstić information content (AvgIpc) is 3.21. The Labute approximate surface area is 143 Å². The Morgan fingerprint density at radius 3 is 2.96 bits per heavy atom. The number of piperazine rings is 1. The maximum absolute atomic E-state index is 13.3. The molecule has 2 atom stereocenters. The highest BCUT2D eigenvalue weighted by Gasteiger charge is 2.51. The van der Waals surface area contributed by atoms with E-state index in [2.05, 4.69) is 20.3 Å². The molecule has 1 saturated carbocycles.